The predicted molar refractivity (Wildman–Crippen MR) is 77.6 cm³/mol. The molecule has 1 aliphatic heterocycles. The van der Waals surface area contributed by atoms with E-state index < -0.39 is 0 Å². The summed E-state index contributed by atoms with van der Waals surface area (Å²) in [5, 5.41) is 12.8. The number of hydrogen-bond acceptors (Lipinski definition) is 3. The summed E-state index contributed by atoms with van der Waals surface area (Å²) >= 11 is 0. The summed E-state index contributed by atoms with van der Waals surface area (Å²) in [6, 6.07) is 0.127. The maximum Gasteiger partial charge on any atom is 0.317 e. The van der Waals surface area contributed by atoms with Crippen LogP contribution in [0.15, 0.2) is 0 Å². The highest BCUT2D eigenvalue weighted by Gasteiger charge is 2.31. The van der Waals surface area contributed by atoms with E-state index >= 15 is 0 Å². The highest BCUT2D eigenvalue weighted by molar-refractivity contribution is 5.74. The maximum absolute atomic E-state index is 12.3. The number of nitrogens with zero attached hydrogens (tertiary/aromatic N) is 1. The Kier molecular flexibility index (Phi) is 5.66. The van der Waals surface area contributed by atoms with Gasteiger partial charge in [0.15, 0.2) is 0 Å². The zero-order valence-electron chi connectivity index (χ0n) is 12.7. The topological polar surface area (TPSA) is 61.8 Å². The molecule has 1 saturated heterocycles. The van der Waals surface area contributed by atoms with Gasteiger partial charge in [0.05, 0.1) is 18.2 Å². The molecule has 2 rings (SSSR count). The number of carbonyl (C=O) groups is 1. The van der Waals surface area contributed by atoms with Crippen LogP contribution >= 0.6 is 0 Å². The summed E-state index contributed by atoms with van der Waals surface area (Å²) in [6.45, 7) is 3.21. The lowest BCUT2D eigenvalue weighted by Crippen LogP contribution is -2.49. The van der Waals surface area contributed by atoms with Crippen LogP contribution in [-0.2, 0) is 4.74 Å². The first-order valence-corrected chi connectivity index (χ1v) is 7.88. The molecule has 0 spiro atoms. The second-order valence-electron chi connectivity index (χ2n) is 6.20. The molecule has 4 atom stereocenters. The lowest BCUT2D eigenvalue weighted by Gasteiger charge is -2.27. The van der Waals surface area contributed by atoms with Crippen LogP contribution in [0.3, 0.4) is 0 Å². The Balaban J connectivity index is 1.86. The predicted octanol–water partition coefficient (Wildman–Crippen LogP) is 1.75. The van der Waals surface area contributed by atoms with Crippen LogP contribution in [0.5, 0.6) is 0 Å². The molecule has 20 heavy (non-hydrogen) atoms. The molecule has 0 aromatic carbocycles. The first kappa shape index (κ1) is 15.6. The van der Waals surface area contributed by atoms with Crippen molar-refractivity contribution in [1.82, 2.24) is 10.2 Å². The van der Waals surface area contributed by atoms with Gasteiger partial charge < -0.3 is 20.1 Å². The number of ether oxygens (including phenoxy) is 1. The minimum atomic E-state index is -0.336. The van der Waals surface area contributed by atoms with Crippen LogP contribution in [-0.4, -0.2) is 54.5 Å². The van der Waals surface area contributed by atoms with Gasteiger partial charge in [-0.2, -0.15) is 0 Å². The van der Waals surface area contributed by atoms with E-state index in [2.05, 4.69) is 5.32 Å². The van der Waals surface area contributed by atoms with E-state index in [4.69, 9.17) is 4.74 Å². The molecule has 2 amide bonds. The third-order valence-electron chi connectivity index (χ3n) is 4.76. The Morgan fingerprint density at radius 1 is 1.30 bits per heavy atom. The highest BCUT2D eigenvalue weighted by atomic mass is 16.5. The molecule has 1 heterocycles. The fraction of sp³-hybridized carbons (Fsp3) is 0.933. The molecule has 4 unspecified atom stereocenters. The van der Waals surface area contributed by atoms with Crippen molar-refractivity contribution in [2.24, 2.45) is 5.92 Å². The number of likely N-dealkylation sites (tertiary alicyclic amines) is 1. The third-order valence-corrected chi connectivity index (χ3v) is 4.76. The first-order valence-electron chi connectivity index (χ1n) is 7.88. The Morgan fingerprint density at radius 3 is 2.70 bits per heavy atom. The Bertz CT molecular complexity index is 322. The summed E-state index contributed by atoms with van der Waals surface area (Å²) in [7, 11) is 1.73. The SMILES string of the molecule is COC1CCCCCC1NC(=O)N1CCC(C(C)O)C1. The van der Waals surface area contributed by atoms with E-state index in [-0.39, 0.29) is 30.2 Å². The van der Waals surface area contributed by atoms with Gasteiger partial charge in [0, 0.05) is 26.1 Å². The number of carbonyl (C=O) groups excluding carboxylic acids is 1. The van der Waals surface area contributed by atoms with Gasteiger partial charge in [0.25, 0.3) is 0 Å². The molecule has 1 aliphatic carbocycles. The fourth-order valence-corrected chi connectivity index (χ4v) is 3.34. The van der Waals surface area contributed by atoms with Crippen LogP contribution < -0.4 is 5.32 Å². The van der Waals surface area contributed by atoms with Crippen LogP contribution in [0, 0.1) is 5.92 Å². The van der Waals surface area contributed by atoms with Gasteiger partial charge in [0.2, 0.25) is 0 Å². The molecule has 2 aliphatic rings. The molecule has 5 heteroatoms. The van der Waals surface area contributed by atoms with Crippen molar-refractivity contribution < 1.29 is 14.6 Å². The number of aliphatic hydroxyl groups excluding tert-OH is 1. The molecule has 5 nitrogen and oxygen atoms in total. The molecule has 2 N–H and O–H groups in total. The van der Waals surface area contributed by atoms with Crippen molar-refractivity contribution in [3.8, 4) is 0 Å². The number of aliphatic hydroxyl groups is 1. The molecular formula is C15H28N2O3. The smallest absolute Gasteiger partial charge is 0.317 e. The van der Waals surface area contributed by atoms with Crippen molar-refractivity contribution in [3.05, 3.63) is 0 Å². The van der Waals surface area contributed by atoms with Gasteiger partial charge in [-0.15, -0.1) is 0 Å². The van der Waals surface area contributed by atoms with E-state index in [1.807, 2.05) is 4.90 Å². The monoisotopic (exact) mass is 284 g/mol. The molecule has 0 aromatic rings. The normalized spacial score (nSPS) is 32.8. The molecule has 0 aromatic heterocycles. The lowest BCUT2D eigenvalue weighted by molar-refractivity contribution is 0.0637. The summed E-state index contributed by atoms with van der Waals surface area (Å²) in [5.41, 5.74) is 0. The number of rotatable bonds is 3. The molecule has 116 valence electrons. The van der Waals surface area contributed by atoms with E-state index in [0.717, 1.165) is 32.2 Å². The van der Waals surface area contributed by atoms with Crippen LogP contribution in [0.4, 0.5) is 4.79 Å². The third kappa shape index (κ3) is 3.85. The lowest BCUT2D eigenvalue weighted by atomic mass is 10.0. The fourth-order valence-electron chi connectivity index (χ4n) is 3.34. The summed E-state index contributed by atoms with van der Waals surface area (Å²) in [5.74, 6) is 0.216. The quantitative estimate of drug-likeness (QED) is 0.776. The van der Waals surface area contributed by atoms with Crippen molar-refractivity contribution >= 4 is 6.03 Å². The van der Waals surface area contributed by atoms with Crippen LogP contribution in [0.1, 0.15) is 45.4 Å². The van der Waals surface area contributed by atoms with E-state index in [1.165, 1.54) is 12.8 Å². The van der Waals surface area contributed by atoms with Gasteiger partial charge in [-0.05, 0) is 26.2 Å². The Hall–Kier alpha value is -0.810. The van der Waals surface area contributed by atoms with E-state index in [0.29, 0.717) is 6.54 Å². The summed E-state index contributed by atoms with van der Waals surface area (Å²) < 4.78 is 5.53. The van der Waals surface area contributed by atoms with Gasteiger partial charge in [-0.3, -0.25) is 0 Å². The van der Waals surface area contributed by atoms with Gasteiger partial charge in [0.1, 0.15) is 0 Å². The number of nitrogens with one attached hydrogen (secondary N) is 1. The highest BCUT2D eigenvalue weighted by Crippen LogP contribution is 2.22. The average molecular weight is 284 g/mol. The van der Waals surface area contributed by atoms with Crippen molar-refractivity contribution in [1.29, 1.82) is 0 Å². The van der Waals surface area contributed by atoms with Crippen molar-refractivity contribution in [2.75, 3.05) is 20.2 Å². The molecule has 0 radical (unpaired) electrons. The van der Waals surface area contributed by atoms with Crippen molar-refractivity contribution in [3.63, 3.8) is 0 Å². The zero-order valence-corrected chi connectivity index (χ0v) is 12.7. The standard InChI is InChI=1S/C15H28N2O3/c1-11(18)12-8-9-17(10-12)15(19)16-13-6-4-3-5-7-14(13)20-2/h11-14,18H,3-10H2,1-2H3,(H,16,19). The minimum Gasteiger partial charge on any atom is -0.393 e. The second kappa shape index (κ2) is 7.27. The van der Waals surface area contributed by atoms with Crippen molar-refractivity contribution in [2.45, 2.75) is 63.7 Å². The first-order chi connectivity index (χ1) is 9.61. The van der Waals surface area contributed by atoms with Crippen LogP contribution in [0.2, 0.25) is 0 Å². The molecule has 2 fully saturated rings. The van der Waals surface area contributed by atoms with Gasteiger partial charge in [-0.1, -0.05) is 19.3 Å². The van der Waals surface area contributed by atoms with Crippen LogP contribution in [0.25, 0.3) is 0 Å². The Morgan fingerprint density at radius 2 is 2.05 bits per heavy atom. The largest absolute Gasteiger partial charge is 0.393 e. The number of urea groups is 1. The second-order valence-corrected chi connectivity index (χ2v) is 6.20. The average Bonchev–Trinajstić information content (AvgIpc) is 2.82. The molecule has 1 saturated carbocycles. The van der Waals surface area contributed by atoms with Gasteiger partial charge in [-0.25, -0.2) is 4.79 Å². The molecular weight excluding hydrogens is 256 g/mol. The number of methoxy groups -OCH3 is 1. The zero-order chi connectivity index (χ0) is 14.5. The van der Waals surface area contributed by atoms with E-state index in [1.54, 1.807) is 14.0 Å². The summed E-state index contributed by atoms with van der Waals surface area (Å²) in [4.78, 5) is 14.2. The van der Waals surface area contributed by atoms with Gasteiger partial charge >= 0.3 is 6.03 Å². The maximum atomic E-state index is 12.3. The summed E-state index contributed by atoms with van der Waals surface area (Å²) in [6.07, 6.45) is 6.27. The van der Waals surface area contributed by atoms with E-state index in [9.17, 15) is 9.90 Å². The Labute approximate surface area is 121 Å². The minimum absolute atomic E-state index is 0.00194. The number of amides is 2. The number of hydrogen-bond donors (Lipinski definition) is 2. The molecule has 0 bridgehead atoms.